The first-order chi connectivity index (χ1) is 10.2. The van der Waals surface area contributed by atoms with Crippen molar-refractivity contribution in [1.29, 1.82) is 0 Å². The van der Waals surface area contributed by atoms with E-state index in [1.54, 1.807) is 6.07 Å². The molecule has 2 aromatic rings. The Morgan fingerprint density at radius 1 is 1.05 bits per heavy atom. The number of hydrogen-bond donors (Lipinski definition) is 1. The standard InChI is InChI=1S/C19H24FN/c1-4-12-21-19(5-2)16-9-7-15(8-10-16)18-13-17(20)11-6-14(18)3/h6-11,13,19,21H,4-5,12H2,1-3H3. The van der Waals surface area contributed by atoms with Crippen LogP contribution in [0.2, 0.25) is 0 Å². The Balaban J connectivity index is 2.23. The van der Waals surface area contributed by atoms with E-state index in [-0.39, 0.29) is 5.82 Å². The zero-order valence-electron chi connectivity index (χ0n) is 13.1. The van der Waals surface area contributed by atoms with Gasteiger partial charge in [-0.25, -0.2) is 4.39 Å². The summed E-state index contributed by atoms with van der Waals surface area (Å²) in [6, 6.07) is 13.8. The second-order valence-corrected chi connectivity index (χ2v) is 5.50. The van der Waals surface area contributed by atoms with Crippen LogP contribution in [0.15, 0.2) is 42.5 Å². The van der Waals surface area contributed by atoms with E-state index in [0.29, 0.717) is 6.04 Å². The molecule has 0 aliphatic heterocycles. The number of benzene rings is 2. The minimum atomic E-state index is -0.185. The fourth-order valence-corrected chi connectivity index (χ4v) is 2.62. The number of aryl methyl sites for hydroxylation is 1. The smallest absolute Gasteiger partial charge is 0.123 e. The van der Waals surface area contributed by atoms with E-state index in [4.69, 9.17) is 0 Å². The van der Waals surface area contributed by atoms with Gasteiger partial charge in [0.05, 0.1) is 0 Å². The molecule has 1 N–H and O–H groups in total. The minimum Gasteiger partial charge on any atom is -0.310 e. The summed E-state index contributed by atoms with van der Waals surface area (Å²) < 4.78 is 13.4. The molecular weight excluding hydrogens is 261 g/mol. The first kappa shape index (κ1) is 15.7. The zero-order chi connectivity index (χ0) is 15.2. The quantitative estimate of drug-likeness (QED) is 0.764. The zero-order valence-corrected chi connectivity index (χ0v) is 13.1. The third-order valence-corrected chi connectivity index (χ3v) is 3.87. The molecule has 0 fully saturated rings. The Morgan fingerprint density at radius 3 is 2.38 bits per heavy atom. The number of rotatable bonds is 6. The van der Waals surface area contributed by atoms with Crippen molar-refractivity contribution in [3.8, 4) is 11.1 Å². The maximum Gasteiger partial charge on any atom is 0.123 e. The molecule has 2 rings (SSSR count). The molecule has 0 aliphatic carbocycles. The van der Waals surface area contributed by atoms with Crippen LogP contribution in [0.3, 0.4) is 0 Å². The fourth-order valence-electron chi connectivity index (χ4n) is 2.62. The van der Waals surface area contributed by atoms with Crippen molar-refractivity contribution in [2.45, 2.75) is 39.7 Å². The topological polar surface area (TPSA) is 12.0 Å². The first-order valence-corrected chi connectivity index (χ1v) is 7.75. The van der Waals surface area contributed by atoms with E-state index >= 15 is 0 Å². The predicted octanol–water partition coefficient (Wildman–Crippen LogP) is 5.25. The van der Waals surface area contributed by atoms with Crippen LogP contribution >= 0.6 is 0 Å². The summed E-state index contributed by atoms with van der Waals surface area (Å²) in [5.74, 6) is -0.185. The molecule has 112 valence electrons. The average molecular weight is 285 g/mol. The Morgan fingerprint density at radius 2 is 1.76 bits per heavy atom. The highest BCUT2D eigenvalue weighted by atomic mass is 19.1. The lowest BCUT2D eigenvalue weighted by Crippen LogP contribution is -2.21. The summed E-state index contributed by atoms with van der Waals surface area (Å²) in [4.78, 5) is 0. The van der Waals surface area contributed by atoms with Crippen LogP contribution in [0.4, 0.5) is 4.39 Å². The molecule has 0 saturated carbocycles. The third-order valence-electron chi connectivity index (χ3n) is 3.87. The van der Waals surface area contributed by atoms with Crippen molar-refractivity contribution >= 4 is 0 Å². The van der Waals surface area contributed by atoms with Gasteiger partial charge in [-0.3, -0.25) is 0 Å². The fraction of sp³-hybridized carbons (Fsp3) is 0.368. The van der Waals surface area contributed by atoms with E-state index < -0.39 is 0 Å². The summed E-state index contributed by atoms with van der Waals surface area (Å²) in [5.41, 5.74) is 4.43. The first-order valence-electron chi connectivity index (χ1n) is 7.75. The van der Waals surface area contributed by atoms with Crippen molar-refractivity contribution in [1.82, 2.24) is 5.32 Å². The van der Waals surface area contributed by atoms with Crippen LogP contribution in [0.25, 0.3) is 11.1 Å². The Hall–Kier alpha value is -1.67. The molecule has 0 radical (unpaired) electrons. The third kappa shape index (κ3) is 3.92. The average Bonchev–Trinajstić information content (AvgIpc) is 2.51. The lowest BCUT2D eigenvalue weighted by atomic mass is 9.97. The van der Waals surface area contributed by atoms with Gasteiger partial charge in [0, 0.05) is 6.04 Å². The van der Waals surface area contributed by atoms with Crippen LogP contribution in [0, 0.1) is 12.7 Å². The molecule has 0 aromatic heterocycles. The summed E-state index contributed by atoms with van der Waals surface area (Å²) >= 11 is 0. The molecule has 1 atom stereocenters. The normalized spacial score (nSPS) is 12.4. The van der Waals surface area contributed by atoms with Gasteiger partial charge in [0.2, 0.25) is 0 Å². The van der Waals surface area contributed by atoms with Crippen LogP contribution in [0.1, 0.15) is 43.9 Å². The van der Waals surface area contributed by atoms with Crippen molar-refractivity contribution < 1.29 is 4.39 Å². The highest BCUT2D eigenvalue weighted by Gasteiger charge is 2.09. The second-order valence-electron chi connectivity index (χ2n) is 5.50. The summed E-state index contributed by atoms with van der Waals surface area (Å²) in [7, 11) is 0. The molecule has 21 heavy (non-hydrogen) atoms. The molecule has 2 heteroatoms. The maximum absolute atomic E-state index is 13.4. The highest BCUT2D eigenvalue weighted by molar-refractivity contribution is 5.67. The van der Waals surface area contributed by atoms with Gasteiger partial charge in [0.25, 0.3) is 0 Å². The van der Waals surface area contributed by atoms with Crippen LogP contribution in [0.5, 0.6) is 0 Å². The lowest BCUT2D eigenvalue weighted by molar-refractivity contribution is 0.518. The predicted molar refractivity (Wildman–Crippen MR) is 87.9 cm³/mol. The molecule has 0 heterocycles. The largest absolute Gasteiger partial charge is 0.310 e. The van der Waals surface area contributed by atoms with Crippen molar-refractivity contribution in [3.63, 3.8) is 0 Å². The van der Waals surface area contributed by atoms with Crippen molar-refractivity contribution in [2.75, 3.05) is 6.54 Å². The van der Waals surface area contributed by atoms with Gasteiger partial charge in [-0.2, -0.15) is 0 Å². The summed E-state index contributed by atoms with van der Waals surface area (Å²) in [6.45, 7) is 7.41. The van der Waals surface area contributed by atoms with E-state index in [1.165, 1.54) is 11.6 Å². The molecule has 0 aliphatic rings. The van der Waals surface area contributed by atoms with Crippen molar-refractivity contribution in [3.05, 3.63) is 59.4 Å². The molecule has 2 aromatic carbocycles. The SMILES string of the molecule is CCCNC(CC)c1ccc(-c2cc(F)ccc2C)cc1. The summed E-state index contributed by atoms with van der Waals surface area (Å²) in [5, 5.41) is 3.56. The van der Waals surface area contributed by atoms with Gasteiger partial charge in [0.15, 0.2) is 0 Å². The lowest BCUT2D eigenvalue weighted by Gasteiger charge is -2.17. The number of hydrogen-bond acceptors (Lipinski definition) is 1. The Labute approximate surface area is 127 Å². The monoisotopic (exact) mass is 285 g/mol. The highest BCUT2D eigenvalue weighted by Crippen LogP contribution is 2.26. The van der Waals surface area contributed by atoms with Crippen molar-refractivity contribution in [2.24, 2.45) is 0 Å². The van der Waals surface area contributed by atoms with E-state index in [0.717, 1.165) is 36.1 Å². The van der Waals surface area contributed by atoms with Crippen LogP contribution in [-0.2, 0) is 0 Å². The van der Waals surface area contributed by atoms with Gasteiger partial charge in [-0.05, 0) is 60.7 Å². The van der Waals surface area contributed by atoms with Gasteiger partial charge < -0.3 is 5.32 Å². The van der Waals surface area contributed by atoms with Crippen LogP contribution in [-0.4, -0.2) is 6.54 Å². The van der Waals surface area contributed by atoms with Gasteiger partial charge in [0.1, 0.15) is 5.82 Å². The molecule has 1 unspecified atom stereocenters. The Bertz CT molecular complexity index is 575. The number of nitrogens with one attached hydrogen (secondary N) is 1. The maximum atomic E-state index is 13.4. The molecule has 0 spiro atoms. The molecule has 0 saturated heterocycles. The van der Waals surface area contributed by atoms with E-state index in [2.05, 4.69) is 43.4 Å². The molecular formula is C19H24FN. The van der Waals surface area contributed by atoms with E-state index in [9.17, 15) is 4.39 Å². The van der Waals surface area contributed by atoms with Gasteiger partial charge >= 0.3 is 0 Å². The van der Waals surface area contributed by atoms with Crippen LogP contribution < -0.4 is 5.32 Å². The minimum absolute atomic E-state index is 0.185. The molecule has 0 bridgehead atoms. The molecule has 1 nitrogen and oxygen atoms in total. The molecule has 0 amide bonds. The summed E-state index contributed by atoms with van der Waals surface area (Å²) in [6.07, 6.45) is 2.20. The second kappa shape index (κ2) is 7.37. The Kier molecular flexibility index (Phi) is 5.51. The van der Waals surface area contributed by atoms with Gasteiger partial charge in [-0.15, -0.1) is 0 Å². The van der Waals surface area contributed by atoms with Gasteiger partial charge in [-0.1, -0.05) is 44.2 Å². The van der Waals surface area contributed by atoms with E-state index in [1.807, 2.05) is 13.0 Å². The number of halogens is 1.